The molecule has 0 fully saturated rings. The van der Waals surface area contributed by atoms with Crippen molar-refractivity contribution in [3.05, 3.63) is 121 Å². The van der Waals surface area contributed by atoms with Crippen LogP contribution in [0, 0.1) is 0 Å². The van der Waals surface area contributed by atoms with Crippen LogP contribution in [0.5, 0.6) is 0 Å². The minimum absolute atomic E-state index is 1.25. The second kappa shape index (κ2) is 7.57. The molecule has 3 aromatic heterocycles. The summed E-state index contributed by atoms with van der Waals surface area (Å²) in [6.07, 6.45) is 0. The molecule has 0 unspecified atom stereocenters. The van der Waals surface area contributed by atoms with Crippen LogP contribution in [0.4, 0.5) is 0 Å². The average molecular weight is 545 g/mol. The van der Waals surface area contributed by atoms with Crippen LogP contribution in [0.3, 0.4) is 0 Å². The van der Waals surface area contributed by atoms with Crippen molar-refractivity contribution in [2.45, 2.75) is 9.79 Å². The Labute approximate surface area is 237 Å². The van der Waals surface area contributed by atoms with Gasteiger partial charge in [0.15, 0.2) is 0 Å². The van der Waals surface area contributed by atoms with Crippen molar-refractivity contribution in [3.63, 3.8) is 0 Å². The fourth-order valence-electron chi connectivity index (χ4n) is 6.92. The molecule has 0 aliphatic carbocycles. The standard InChI is InChI=1S/C36H20N2S2/c1-4-14-25-23(11-1)33-29(37(25)28-17-9-13-22-21-10-3-7-18-30(21)40-36(22)28)20-32-35-34(33)24-12-2-5-15-26(24)38(35)27-16-6-8-19-31(27)39-32/h1-20H. The Kier molecular flexibility index (Phi) is 4.04. The molecule has 1 aliphatic heterocycles. The first-order chi connectivity index (χ1) is 19.9. The highest BCUT2D eigenvalue weighted by Gasteiger charge is 2.27. The number of rotatable bonds is 1. The molecular weight excluding hydrogens is 525 g/mol. The van der Waals surface area contributed by atoms with Gasteiger partial charge in [-0.2, -0.15) is 0 Å². The molecule has 4 heterocycles. The lowest BCUT2D eigenvalue weighted by molar-refractivity contribution is 1.09. The smallest absolute Gasteiger partial charge is 0.0688 e. The minimum atomic E-state index is 1.25. The lowest BCUT2D eigenvalue weighted by Gasteiger charge is -2.20. The SMILES string of the molecule is c1ccc2c(c1)Sc1cc3c(c4ccccc4n3-c3cccc4c3sc3ccccc34)c3c4ccccc4n-2c13. The van der Waals surface area contributed by atoms with E-state index in [0.717, 1.165) is 0 Å². The van der Waals surface area contributed by atoms with E-state index < -0.39 is 0 Å². The largest absolute Gasteiger partial charge is 0.308 e. The van der Waals surface area contributed by atoms with Gasteiger partial charge in [0.05, 0.1) is 38.1 Å². The molecule has 4 heteroatoms. The van der Waals surface area contributed by atoms with Gasteiger partial charge in [-0.25, -0.2) is 0 Å². The van der Waals surface area contributed by atoms with Crippen LogP contribution < -0.4 is 0 Å². The van der Waals surface area contributed by atoms with Gasteiger partial charge in [-0.1, -0.05) is 90.6 Å². The van der Waals surface area contributed by atoms with E-state index >= 15 is 0 Å². The van der Waals surface area contributed by atoms with Crippen LogP contribution >= 0.6 is 23.1 Å². The molecule has 9 aromatic rings. The maximum absolute atomic E-state index is 2.52. The molecular formula is C36H20N2S2. The molecule has 0 saturated carbocycles. The zero-order valence-electron chi connectivity index (χ0n) is 21.3. The van der Waals surface area contributed by atoms with Crippen LogP contribution in [0.15, 0.2) is 131 Å². The first-order valence-electron chi connectivity index (χ1n) is 13.5. The monoisotopic (exact) mass is 544 g/mol. The number of hydrogen-bond acceptors (Lipinski definition) is 2. The maximum Gasteiger partial charge on any atom is 0.0688 e. The Morgan fingerprint density at radius 3 is 1.98 bits per heavy atom. The van der Waals surface area contributed by atoms with E-state index in [1.807, 2.05) is 23.1 Å². The van der Waals surface area contributed by atoms with E-state index in [2.05, 4.69) is 130 Å². The minimum Gasteiger partial charge on any atom is -0.308 e. The average Bonchev–Trinajstić information content (AvgIpc) is 3.66. The van der Waals surface area contributed by atoms with Crippen LogP contribution in [0.1, 0.15) is 0 Å². The van der Waals surface area contributed by atoms with Gasteiger partial charge in [0.2, 0.25) is 0 Å². The quantitative estimate of drug-likeness (QED) is 0.200. The van der Waals surface area contributed by atoms with Crippen molar-refractivity contribution in [2.75, 3.05) is 0 Å². The summed E-state index contributed by atoms with van der Waals surface area (Å²) < 4.78 is 7.68. The van der Waals surface area contributed by atoms with Gasteiger partial charge in [0, 0.05) is 46.8 Å². The van der Waals surface area contributed by atoms with E-state index in [4.69, 9.17) is 0 Å². The van der Waals surface area contributed by atoms with Gasteiger partial charge in [0.1, 0.15) is 0 Å². The second-order valence-electron chi connectivity index (χ2n) is 10.5. The van der Waals surface area contributed by atoms with E-state index in [0.29, 0.717) is 0 Å². The summed E-state index contributed by atoms with van der Waals surface area (Å²) in [6.45, 7) is 0. The number of aromatic nitrogens is 2. The van der Waals surface area contributed by atoms with Gasteiger partial charge >= 0.3 is 0 Å². The van der Waals surface area contributed by atoms with Crippen LogP contribution in [-0.4, -0.2) is 9.13 Å². The number of nitrogens with zero attached hydrogens (tertiary/aromatic N) is 2. The highest BCUT2D eigenvalue weighted by Crippen LogP contribution is 2.51. The maximum atomic E-state index is 2.52. The van der Waals surface area contributed by atoms with Crippen molar-refractivity contribution in [3.8, 4) is 11.4 Å². The predicted molar refractivity (Wildman–Crippen MR) is 172 cm³/mol. The summed E-state index contributed by atoms with van der Waals surface area (Å²) in [5.74, 6) is 0. The van der Waals surface area contributed by atoms with E-state index in [9.17, 15) is 0 Å². The molecule has 0 saturated heterocycles. The summed E-state index contributed by atoms with van der Waals surface area (Å²) in [5.41, 5.74) is 7.62. The zero-order chi connectivity index (χ0) is 25.9. The van der Waals surface area contributed by atoms with E-state index in [1.165, 1.54) is 84.9 Å². The van der Waals surface area contributed by atoms with E-state index in [-0.39, 0.29) is 0 Å². The Morgan fingerprint density at radius 1 is 0.450 bits per heavy atom. The number of thiophene rings is 1. The molecule has 0 amide bonds. The number of fused-ring (bicyclic) bond motifs is 12. The first kappa shape index (κ1) is 21.3. The van der Waals surface area contributed by atoms with Crippen molar-refractivity contribution < 1.29 is 0 Å². The molecule has 0 spiro atoms. The zero-order valence-corrected chi connectivity index (χ0v) is 22.9. The van der Waals surface area contributed by atoms with Crippen LogP contribution in [0.2, 0.25) is 0 Å². The molecule has 0 N–H and O–H groups in total. The fraction of sp³-hybridized carbons (Fsp3) is 0. The third kappa shape index (κ3) is 2.56. The summed E-state index contributed by atoms with van der Waals surface area (Å²) in [7, 11) is 0. The molecule has 2 nitrogen and oxygen atoms in total. The lowest BCUT2D eigenvalue weighted by Crippen LogP contribution is -2.01. The van der Waals surface area contributed by atoms with Crippen LogP contribution in [-0.2, 0) is 0 Å². The van der Waals surface area contributed by atoms with Gasteiger partial charge in [0.25, 0.3) is 0 Å². The Balaban J connectivity index is 1.46. The van der Waals surface area contributed by atoms with Gasteiger partial charge in [-0.3, -0.25) is 0 Å². The van der Waals surface area contributed by atoms with E-state index in [1.54, 1.807) is 0 Å². The predicted octanol–water partition coefficient (Wildman–Crippen LogP) is 10.7. The fourth-order valence-corrected chi connectivity index (χ4v) is 9.23. The van der Waals surface area contributed by atoms with Crippen molar-refractivity contribution >= 4 is 86.9 Å². The molecule has 10 rings (SSSR count). The topological polar surface area (TPSA) is 9.86 Å². The molecule has 0 bridgehead atoms. The second-order valence-corrected chi connectivity index (χ2v) is 12.7. The summed E-state index contributed by atoms with van der Waals surface area (Å²) in [5, 5.41) is 7.95. The lowest BCUT2D eigenvalue weighted by atomic mass is 10.1. The molecule has 0 radical (unpaired) electrons. The molecule has 186 valence electrons. The normalized spacial score (nSPS) is 12.9. The highest BCUT2D eigenvalue weighted by atomic mass is 32.2. The third-order valence-electron chi connectivity index (χ3n) is 8.49. The van der Waals surface area contributed by atoms with Crippen molar-refractivity contribution in [1.29, 1.82) is 0 Å². The van der Waals surface area contributed by atoms with Gasteiger partial charge < -0.3 is 9.13 Å². The molecule has 6 aromatic carbocycles. The van der Waals surface area contributed by atoms with Gasteiger partial charge in [-0.15, -0.1) is 11.3 Å². The molecule has 40 heavy (non-hydrogen) atoms. The Bertz CT molecular complexity index is 2520. The first-order valence-corrected chi connectivity index (χ1v) is 15.2. The Hall–Kier alpha value is -4.51. The number of benzene rings is 6. The summed E-state index contributed by atoms with van der Waals surface area (Å²) in [6, 6.07) is 44.7. The molecule has 1 aliphatic rings. The number of para-hydroxylation sites is 3. The molecule has 0 atom stereocenters. The van der Waals surface area contributed by atoms with Gasteiger partial charge in [-0.05, 0) is 42.5 Å². The summed E-state index contributed by atoms with van der Waals surface area (Å²) >= 11 is 3.79. The highest BCUT2D eigenvalue weighted by molar-refractivity contribution is 7.99. The summed E-state index contributed by atoms with van der Waals surface area (Å²) in [4.78, 5) is 2.61. The Morgan fingerprint density at radius 2 is 1.10 bits per heavy atom. The number of hydrogen-bond donors (Lipinski definition) is 0. The van der Waals surface area contributed by atoms with Crippen LogP contribution in [0.25, 0.3) is 75.2 Å². The van der Waals surface area contributed by atoms with Crippen molar-refractivity contribution in [1.82, 2.24) is 9.13 Å². The third-order valence-corrected chi connectivity index (χ3v) is 10.8. The van der Waals surface area contributed by atoms with Crippen molar-refractivity contribution in [2.24, 2.45) is 0 Å².